The summed E-state index contributed by atoms with van der Waals surface area (Å²) in [6.07, 6.45) is 6.04. The first-order valence-corrected chi connectivity index (χ1v) is 6.21. The summed E-state index contributed by atoms with van der Waals surface area (Å²) in [4.78, 5) is 0. The van der Waals surface area contributed by atoms with E-state index >= 15 is 0 Å². The van der Waals surface area contributed by atoms with Crippen molar-refractivity contribution in [3.05, 3.63) is 29.8 Å². The first-order chi connectivity index (χ1) is 7.77. The van der Waals surface area contributed by atoms with Crippen LogP contribution in [0.2, 0.25) is 0 Å². The third-order valence-corrected chi connectivity index (χ3v) is 3.21. The molecule has 0 heterocycles. The number of aliphatic hydroxyl groups is 1. The van der Waals surface area contributed by atoms with E-state index in [2.05, 4.69) is 0 Å². The molecule has 1 aromatic rings. The largest absolute Gasteiger partial charge is 0.490 e. The Balaban J connectivity index is 2.07. The van der Waals surface area contributed by atoms with Crippen molar-refractivity contribution in [1.82, 2.24) is 0 Å². The Kier molecular flexibility index (Phi) is 3.83. The Morgan fingerprint density at radius 3 is 2.56 bits per heavy atom. The molecular weight excluding hydrogens is 200 g/mol. The zero-order valence-corrected chi connectivity index (χ0v) is 9.86. The van der Waals surface area contributed by atoms with Crippen LogP contribution in [0.4, 0.5) is 0 Å². The van der Waals surface area contributed by atoms with Gasteiger partial charge in [-0.3, -0.25) is 0 Å². The second-order valence-corrected chi connectivity index (χ2v) is 4.59. The van der Waals surface area contributed by atoms with Crippen molar-refractivity contribution in [2.24, 2.45) is 0 Å². The van der Waals surface area contributed by atoms with Gasteiger partial charge < -0.3 is 9.84 Å². The van der Waals surface area contributed by atoms with Gasteiger partial charge in [-0.2, -0.15) is 0 Å². The van der Waals surface area contributed by atoms with Gasteiger partial charge in [0.25, 0.3) is 0 Å². The molecule has 0 bridgehead atoms. The molecule has 16 heavy (non-hydrogen) atoms. The molecule has 0 aliphatic heterocycles. The standard InChI is InChI=1S/C14H20O2/c1-11(15)13-9-5-6-10-14(13)16-12-7-3-2-4-8-12/h5-6,9-12,15H,2-4,7-8H2,1H3/t11-/m0/s1. The molecule has 1 N–H and O–H groups in total. The van der Waals surface area contributed by atoms with Crippen molar-refractivity contribution in [3.63, 3.8) is 0 Å². The zero-order chi connectivity index (χ0) is 11.4. The van der Waals surface area contributed by atoms with E-state index < -0.39 is 6.10 Å². The predicted octanol–water partition coefficient (Wildman–Crippen LogP) is 3.45. The lowest BCUT2D eigenvalue weighted by Crippen LogP contribution is -2.20. The molecule has 0 unspecified atom stereocenters. The molecule has 0 saturated heterocycles. The summed E-state index contributed by atoms with van der Waals surface area (Å²) in [6.45, 7) is 1.78. The molecule has 2 heteroatoms. The van der Waals surface area contributed by atoms with Crippen molar-refractivity contribution in [2.75, 3.05) is 0 Å². The first-order valence-electron chi connectivity index (χ1n) is 6.21. The van der Waals surface area contributed by atoms with Gasteiger partial charge in [-0.25, -0.2) is 0 Å². The summed E-state index contributed by atoms with van der Waals surface area (Å²) in [5.74, 6) is 0.851. The lowest BCUT2D eigenvalue weighted by molar-refractivity contribution is 0.142. The molecule has 1 aliphatic carbocycles. The van der Waals surface area contributed by atoms with Crippen LogP contribution >= 0.6 is 0 Å². The molecule has 1 fully saturated rings. The van der Waals surface area contributed by atoms with E-state index in [-0.39, 0.29) is 0 Å². The Morgan fingerprint density at radius 2 is 1.88 bits per heavy atom. The highest BCUT2D eigenvalue weighted by molar-refractivity contribution is 5.34. The van der Waals surface area contributed by atoms with Crippen LogP contribution in [-0.4, -0.2) is 11.2 Å². The second kappa shape index (κ2) is 5.35. The smallest absolute Gasteiger partial charge is 0.125 e. The number of aliphatic hydroxyl groups excluding tert-OH is 1. The van der Waals surface area contributed by atoms with E-state index in [1.54, 1.807) is 6.92 Å². The molecule has 88 valence electrons. The Hall–Kier alpha value is -1.02. The summed E-state index contributed by atoms with van der Waals surface area (Å²) in [5, 5.41) is 9.65. The maximum atomic E-state index is 9.65. The van der Waals surface area contributed by atoms with Crippen molar-refractivity contribution >= 4 is 0 Å². The van der Waals surface area contributed by atoms with Gasteiger partial charge in [0.15, 0.2) is 0 Å². The van der Waals surface area contributed by atoms with E-state index in [4.69, 9.17) is 4.74 Å². The highest BCUT2D eigenvalue weighted by atomic mass is 16.5. The number of ether oxygens (including phenoxy) is 1. The first kappa shape index (κ1) is 11.5. The average molecular weight is 220 g/mol. The molecule has 2 nitrogen and oxygen atoms in total. The Morgan fingerprint density at radius 1 is 1.19 bits per heavy atom. The topological polar surface area (TPSA) is 29.5 Å². The van der Waals surface area contributed by atoms with E-state index in [0.717, 1.165) is 24.2 Å². The van der Waals surface area contributed by atoms with Crippen LogP contribution < -0.4 is 4.74 Å². The van der Waals surface area contributed by atoms with Gasteiger partial charge in [0, 0.05) is 5.56 Å². The van der Waals surface area contributed by atoms with E-state index in [9.17, 15) is 5.11 Å². The number of rotatable bonds is 3. The minimum absolute atomic E-state index is 0.341. The number of benzene rings is 1. The van der Waals surface area contributed by atoms with Crippen LogP contribution in [0.5, 0.6) is 5.75 Å². The Bertz CT molecular complexity index is 327. The summed E-state index contributed by atoms with van der Waals surface area (Å²) < 4.78 is 5.99. The summed E-state index contributed by atoms with van der Waals surface area (Å²) in [7, 11) is 0. The number of hydrogen-bond acceptors (Lipinski definition) is 2. The van der Waals surface area contributed by atoms with Crippen LogP contribution in [0.15, 0.2) is 24.3 Å². The molecule has 1 saturated carbocycles. The molecule has 0 aromatic heterocycles. The van der Waals surface area contributed by atoms with Crippen LogP contribution in [0.25, 0.3) is 0 Å². The van der Waals surface area contributed by atoms with E-state index in [1.165, 1.54) is 19.3 Å². The molecule has 1 aromatic carbocycles. The molecule has 1 atom stereocenters. The zero-order valence-electron chi connectivity index (χ0n) is 9.86. The third kappa shape index (κ3) is 2.76. The molecule has 0 radical (unpaired) electrons. The third-order valence-electron chi connectivity index (χ3n) is 3.21. The molecule has 1 aliphatic rings. The van der Waals surface area contributed by atoms with Gasteiger partial charge in [0.1, 0.15) is 5.75 Å². The van der Waals surface area contributed by atoms with Crippen molar-refractivity contribution < 1.29 is 9.84 Å². The second-order valence-electron chi connectivity index (χ2n) is 4.59. The van der Waals surface area contributed by atoms with Crippen molar-refractivity contribution in [1.29, 1.82) is 0 Å². The fourth-order valence-electron chi connectivity index (χ4n) is 2.30. The fourth-order valence-corrected chi connectivity index (χ4v) is 2.30. The minimum Gasteiger partial charge on any atom is -0.490 e. The molecular formula is C14H20O2. The van der Waals surface area contributed by atoms with Gasteiger partial charge >= 0.3 is 0 Å². The quantitative estimate of drug-likeness (QED) is 0.845. The molecule has 2 rings (SSSR count). The fraction of sp³-hybridized carbons (Fsp3) is 0.571. The predicted molar refractivity (Wildman–Crippen MR) is 64.6 cm³/mol. The van der Waals surface area contributed by atoms with Crippen LogP contribution in [0, 0.1) is 0 Å². The number of hydrogen-bond donors (Lipinski definition) is 1. The van der Waals surface area contributed by atoms with E-state index in [0.29, 0.717) is 6.10 Å². The summed E-state index contributed by atoms with van der Waals surface area (Å²) >= 11 is 0. The van der Waals surface area contributed by atoms with Crippen LogP contribution in [0.3, 0.4) is 0 Å². The lowest BCUT2D eigenvalue weighted by atomic mass is 9.97. The minimum atomic E-state index is -0.459. The molecule has 0 amide bonds. The van der Waals surface area contributed by atoms with Crippen molar-refractivity contribution in [2.45, 2.75) is 51.2 Å². The lowest BCUT2D eigenvalue weighted by Gasteiger charge is -2.24. The average Bonchev–Trinajstić information content (AvgIpc) is 2.31. The van der Waals surface area contributed by atoms with Gasteiger partial charge in [0.2, 0.25) is 0 Å². The number of para-hydroxylation sites is 1. The summed E-state index contributed by atoms with van der Waals surface area (Å²) in [5.41, 5.74) is 0.896. The van der Waals surface area contributed by atoms with Gasteiger partial charge in [0.05, 0.1) is 12.2 Å². The highest BCUT2D eigenvalue weighted by Crippen LogP contribution is 2.29. The molecule has 0 spiro atoms. The summed E-state index contributed by atoms with van der Waals surface area (Å²) in [6, 6.07) is 7.79. The van der Waals surface area contributed by atoms with Gasteiger partial charge in [-0.05, 0) is 38.7 Å². The van der Waals surface area contributed by atoms with E-state index in [1.807, 2.05) is 24.3 Å². The maximum Gasteiger partial charge on any atom is 0.125 e. The Labute approximate surface area is 97.3 Å². The maximum absolute atomic E-state index is 9.65. The van der Waals surface area contributed by atoms with Gasteiger partial charge in [-0.15, -0.1) is 0 Å². The van der Waals surface area contributed by atoms with Crippen molar-refractivity contribution in [3.8, 4) is 5.75 Å². The van der Waals surface area contributed by atoms with Gasteiger partial charge in [-0.1, -0.05) is 24.6 Å². The highest BCUT2D eigenvalue weighted by Gasteiger charge is 2.17. The van der Waals surface area contributed by atoms with Crippen LogP contribution in [-0.2, 0) is 0 Å². The SMILES string of the molecule is C[C@H](O)c1ccccc1OC1CCCCC1. The monoisotopic (exact) mass is 220 g/mol. The van der Waals surface area contributed by atoms with Crippen LogP contribution in [0.1, 0.15) is 50.7 Å². The normalized spacial score (nSPS) is 19.4.